The Bertz CT molecular complexity index is 470. The molecule has 1 saturated heterocycles. The van der Waals surface area contributed by atoms with E-state index in [1.54, 1.807) is 11.3 Å². The Labute approximate surface area is 105 Å². The topological polar surface area (TPSA) is 34.0 Å². The molecule has 90 valence electrons. The third-order valence-electron chi connectivity index (χ3n) is 3.15. The molecule has 3 rings (SSSR count). The molecule has 1 aliphatic rings. The lowest BCUT2D eigenvalue weighted by Gasteiger charge is -2.14. The number of thiazole rings is 1. The van der Waals surface area contributed by atoms with Crippen LogP contribution in [0.25, 0.3) is 0 Å². The summed E-state index contributed by atoms with van der Waals surface area (Å²) < 4.78 is 2.09. The molecule has 0 N–H and O–H groups in total. The van der Waals surface area contributed by atoms with Crippen LogP contribution in [0.3, 0.4) is 0 Å². The molecule has 0 aromatic carbocycles. The van der Waals surface area contributed by atoms with Crippen molar-refractivity contribution in [2.24, 2.45) is 0 Å². The summed E-state index contributed by atoms with van der Waals surface area (Å²) in [6.45, 7) is 6.23. The molecule has 5 heteroatoms. The van der Waals surface area contributed by atoms with Crippen LogP contribution in [0.4, 0.5) is 5.13 Å². The first-order valence-corrected chi connectivity index (χ1v) is 6.78. The molecule has 1 unspecified atom stereocenters. The van der Waals surface area contributed by atoms with Gasteiger partial charge >= 0.3 is 0 Å². The second kappa shape index (κ2) is 4.14. The fourth-order valence-corrected chi connectivity index (χ4v) is 3.09. The summed E-state index contributed by atoms with van der Waals surface area (Å²) in [4.78, 5) is 6.90. The van der Waals surface area contributed by atoms with Crippen molar-refractivity contribution in [2.45, 2.75) is 26.3 Å². The standard InChI is InChI=1S/C12H16N4S/c1-9-5-13-16(6-9)11-3-4-15(7-11)12-14-10(2)8-17-12/h5-6,8,11H,3-4,7H2,1-2H3. The second-order valence-electron chi connectivity index (χ2n) is 4.66. The maximum absolute atomic E-state index is 4.54. The van der Waals surface area contributed by atoms with Gasteiger partial charge in [-0.2, -0.15) is 5.10 Å². The largest absolute Gasteiger partial charge is 0.346 e. The Balaban J connectivity index is 1.73. The lowest BCUT2D eigenvalue weighted by molar-refractivity contribution is 0.494. The highest BCUT2D eigenvalue weighted by molar-refractivity contribution is 7.13. The van der Waals surface area contributed by atoms with Gasteiger partial charge in [0.05, 0.1) is 17.9 Å². The van der Waals surface area contributed by atoms with Crippen molar-refractivity contribution in [2.75, 3.05) is 18.0 Å². The zero-order chi connectivity index (χ0) is 11.8. The predicted molar refractivity (Wildman–Crippen MR) is 69.7 cm³/mol. The summed E-state index contributed by atoms with van der Waals surface area (Å²) in [6.07, 6.45) is 5.21. The SMILES string of the molecule is Cc1cnn(C2CCN(c3nc(C)cs3)C2)c1. The van der Waals surface area contributed by atoms with E-state index in [0.29, 0.717) is 6.04 Å². The van der Waals surface area contributed by atoms with Gasteiger partial charge in [0.15, 0.2) is 5.13 Å². The average Bonchev–Trinajstić information content (AvgIpc) is 2.96. The molecule has 1 aliphatic heterocycles. The highest BCUT2D eigenvalue weighted by Gasteiger charge is 2.25. The average molecular weight is 248 g/mol. The molecule has 17 heavy (non-hydrogen) atoms. The maximum Gasteiger partial charge on any atom is 0.185 e. The molecule has 0 aliphatic carbocycles. The summed E-state index contributed by atoms with van der Waals surface area (Å²) in [5.41, 5.74) is 2.34. The zero-order valence-corrected chi connectivity index (χ0v) is 10.9. The first-order valence-electron chi connectivity index (χ1n) is 5.90. The van der Waals surface area contributed by atoms with Gasteiger partial charge in [-0.1, -0.05) is 0 Å². The molecule has 2 aromatic rings. The monoisotopic (exact) mass is 248 g/mol. The molecule has 0 radical (unpaired) electrons. The number of aromatic nitrogens is 3. The third-order valence-corrected chi connectivity index (χ3v) is 4.16. The van der Waals surface area contributed by atoms with Crippen molar-refractivity contribution in [3.05, 3.63) is 29.0 Å². The molecular weight excluding hydrogens is 232 g/mol. The van der Waals surface area contributed by atoms with Crippen molar-refractivity contribution >= 4 is 16.5 Å². The minimum Gasteiger partial charge on any atom is -0.346 e. The summed E-state index contributed by atoms with van der Waals surface area (Å²) in [6, 6.07) is 0.493. The normalized spacial score (nSPS) is 20.1. The summed E-state index contributed by atoms with van der Waals surface area (Å²) in [5.74, 6) is 0. The lowest BCUT2D eigenvalue weighted by Crippen LogP contribution is -2.20. The van der Waals surface area contributed by atoms with E-state index in [4.69, 9.17) is 0 Å². The first kappa shape index (κ1) is 10.8. The van der Waals surface area contributed by atoms with Crippen LogP contribution in [-0.4, -0.2) is 27.9 Å². The number of nitrogens with zero attached hydrogens (tertiary/aromatic N) is 4. The molecule has 4 nitrogen and oxygen atoms in total. The quantitative estimate of drug-likeness (QED) is 0.818. The number of aryl methyl sites for hydroxylation is 2. The van der Waals surface area contributed by atoms with Gasteiger partial charge in [0.2, 0.25) is 0 Å². The Morgan fingerprint density at radius 2 is 2.29 bits per heavy atom. The number of hydrogen-bond acceptors (Lipinski definition) is 4. The molecule has 0 amide bonds. The van der Waals surface area contributed by atoms with Crippen molar-refractivity contribution < 1.29 is 0 Å². The van der Waals surface area contributed by atoms with Crippen molar-refractivity contribution in [1.29, 1.82) is 0 Å². The summed E-state index contributed by atoms with van der Waals surface area (Å²) in [5, 5.41) is 7.66. The van der Waals surface area contributed by atoms with Gasteiger partial charge in [-0.25, -0.2) is 4.98 Å². The van der Waals surface area contributed by atoms with Gasteiger partial charge in [0, 0.05) is 24.7 Å². The maximum atomic E-state index is 4.54. The van der Waals surface area contributed by atoms with Crippen molar-refractivity contribution in [1.82, 2.24) is 14.8 Å². The van der Waals surface area contributed by atoms with Crippen molar-refractivity contribution in [3.8, 4) is 0 Å². The summed E-state index contributed by atoms with van der Waals surface area (Å²) >= 11 is 1.73. The number of rotatable bonds is 2. The zero-order valence-electron chi connectivity index (χ0n) is 10.1. The smallest absolute Gasteiger partial charge is 0.185 e. The lowest BCUT2D eigenvalue weighted by atomic mass is 10.3. The van der Waals surface area contributed by atoms with E-state index in [0.717, 1.165) is 30.3 Å². The molecule has 3 heterocycles. The van der Waals surface area contributed by atoms with Crippen LogP contribution in [0.1, 0.15) is 23.7 Å². The first-order chi connectivity index (χ1) is 8.22. The van der Waals surface area contributed by atoms with E-state index < -0.39 is 0 Å². The van der Waals surface area contributed by atoms with Gasteiger partial charge in [-0.3, -0.25) is 4.68 Å². The minimum atomic E-state index is 0.493. The van der Waals surface area contributed by atoms with Crippen LogP contribution < -0.4 is 4.90 Å². The molecular formula is C12H16N4S. The molecule has 0 saturated carbocycles. The van der Waals surface area contributed by atoms with Crippen LogP contribution >= 0.6 is 11.3 Å². The van der Waals surface area contributed by atoms with Gasteiger partial charge in [0.25, 0.3) is 0 Å². The predicted octanol–water partition coefficient (Wildman–Crippen LogP) is 2.41. The van der Waals surface area contributed by atoms with E-state index in [1.165, 1.54) is 5.56 Å². The number of hydrogen-bond donors (Lipinski definition) is 0. The van der Waals surface area contributed by atoms with Gasteiger partial charge in [-0.15, -0.1) is 11.3 Å². The van der Waals surface area contributed by atoms with E-state index in [9.17, 15) is 0 Å². The van der Waals surface area contributed by atoms with Crippen LogP contribution in [0.2, 0.25) is 0 Å². The highest BCUT2D eigenvalue weighted by Crippen LogP contribution is 2.28. The molecule has 1 fully saturated rings. The molecule has 0 bridgehead atoms. The van der Waals surface area contributed by atoms with E-state index >= 15 is 0 Å². The summed E-state index contributed by atoms with van der Waals surface area (Å²) in [7, 11) is 0. The van der Waals surface area contributed by atoms with Crippen LogP contribution in [0.5, 0.6) is 0 Å². The Morgan fingerprint density at radius 3 is 2.94 bits per heavy atom. The molecule has 2 aromatic heterocycles. The Morgan fingerprint density at radius 1 is 1.41 bits per heavy atom. The molecule has 1 atom stereocenters. The third kappa shape index (κ3) is 2.07. The van der Waals surface area contributed by atoms with Gasteiger partial charge in [0.1, 0.15) is 0 Å². The van der Waals surface area contributed by atoms with E-state index in [-0.39, 0.29) is 0 Å². The fourth-order valence-electron chi connectivity index (χ4n) is 2.25. The van der Waals surface area contributed by atoms with Crippen molar-refractivity contribution in [3.63, 3.8) is 0 Å². The van der Waals surface area contributed by atoms with Gasteiger partial charge in [-0.05, 0) is 25.8 Å². The highest BCUT2D eigenvalue weighted by atomic mass is 32.1. The van der Waals surface area contributed by atoms with Gasteiger partial charge < -0.3 is 4.90 Å². The Kier molecular flexibility index (Phi) is 2.63. The van der Waals surface area contributed by atoms with E-state index in [1.807, 2.05) is 13.1 Å². The number of anilines is 1. The van der Waals surface area contributed by atoms with Crippen LogP contribution in [-0.2, 0) is 0 Å². The van der Waals surface area contributed by atoms with Crippen LogP contribution in [0, 0.1) is 13.8 Å². The van der Waals surface area contributed by atoms with E-state index in [2.05, 4.69) is 38.2 Å². The van der Waals surface area contributed by atoms with Crippen LogP contribution in [0.15, 0.2) is 17.8 Å². The second-order valence-corrected chi connectivity index (χ2v) is 5.49. The molecule has 0 spiro atoms. The minimum absolute atomic E-state index is 0.493. The Hall–Kier alpha value is -1.36. The fraction of sp³-hybridized carbons (Fsp3) is 0.500.